The maximum atomic E-state index is 12.2. The molecule has 3 rings (SSSR count). The fraction of sp³-hybridized carbons (Fsp3) is 0.0667. The molecule has 100 valence electrons. The van der Waals surface area contributed by atoms with Crippen LogP contribution in [0.2, 0.25) is 0 Å². The van der Waals surface area contributed by atoms with Crippen molar-refractivity contribution in [3.63, 3.8) is 0 Å². The summed E-state index contributed by atoms with van der Waals surface area (Å²) in [7, 11) is 0. The monoisotopic (exact) mass is 379 g/mol. The Morgan fingerprint density at radius 1 is 1.20 bits per heavy atom. The first kappa shape index (κ1) is 13.1. The van der Waals surface area contributed by atoms with Crippen LogP contribution in [0.3, 0.4) is 0 Å². The predicted octanol–water partition coefficient (Wildman–Crippen LogP) is 4.08. The summed E-state index contributed by atoms with van der Waals surface area (Å²) < 4.78 is 11.0. The van der Waals surface area contributed by atoms with Crippen molar-refractivity contribution in [1.82, 2.24) is 5.16 Å². The average molecular weight is 379 g/mol. The number of hydrogen-bond acceptors (Lipinski definition) is 4. The number of rotatable bonds is 3. The highest BCUT2D eigenvalue weighted by Gasteiger charge is 2.24. The van der Waals surface area contributed by atoms with Crippen molar-refractivity contribution in [2.45, 2.75) is 6.92 Å². The van der Waals surface area contributed by atoms with Crippen LogP contribution in [-0.4, -0.2) is 10.9 Å². The number of aryl methyl sites for hydroxylation is 1. The topological polar surface area (TPSA) is 56.2 Å². The molecular formula is C15H10INO3. The van der Waals surface area contributed by atoms with E-state index in [0.717, 1.165) is 5.56 Å². The largest absolute Gasteiger partial charge is 0.461 e. The van der Waals surface area contributed by atoms with Crippen molar-refractivity contribution in [2.24, 2.45) is 0 Å². The molecule has 4 nitrogen and oxygen atoms in total. The van der Waals surface area contributed by atoms with Gasteiger partial charge in [-0.05, 0) is 41.6 Å². The normalized spacial score (nSPS) is 10.7. The van der Waals surface area contributed by atoms with Crippen LogP contribution in [0.15, 0.2) is 51.6 Å². The molecule has 20 heavy (non-hydrogen) atoms. The van der Waals surface area contributed by atoms with Gasteiger partial charge in [0.1, 0.15) is 5.69 Å². The van der Waals surface area contributed by atoms with E-state index in [4.69, 9.17) is 8.94 Å². The van der Waals surface area contributed by atoms with Gasteiger partial charge in [-0.15, -0.1) is 0 Å². The van der Waals surface area contributed by atoms with E-state index < -0.39 is 0 Å². The summed E-state index contributed by atoms with van der Waals surface area (Å²) in [5, 5.41) is 4.00. The maximum Gasteiger partial charge on any atom is 0.267 e. The highest BCUT2D eigenvalue weighted by molar-refractivity contribution is 14.1. The molecule has 0 aliphatic rings. The number of carbonyl (C=O) groups is 1. The second kappa shape index (κ2) is 5.24. The van der Waals surface area contributed by atoms with Crippen molar-refractivity contribution in [3.05, 3.63) is 63.3 Å². The molecule has 0 aliphatic heterocycles. The lowest BCUT2D eigenvalue weighted by molar-refractivity contribution is 0.0973. The number of halogens is 1. The van der Waals surface area contributed by atoms with Gasteiger partial charge in [0.15, 0.2) is 5.76 Å². The molecule has 0 fully saturated rings. The van der Waals surface area contributed by atoms with Gasteiger partial charge in [-0.25, -0.2) is 0 Å². The molecule has 3 aromatic rings. The van der Waals surface area contributed by atoms with Gasteiger partial charge < -0.3 is 8.94 Å². The van der Waals surface area contributed by atoms with E-state index in [2.05, 4.69) is 27.7 Å². The summed E-state index contributed by atoms with van der Waals surface area (Å²) in [6.07, 6.45) is 1.46. The Bertz CT molecular complexity index is 742. The SMILES string of the molecule is Cc1ccc(-c2noc(C(=O)c3ccco3)c2I)cc1. The molecule has 0 radical (unpaired) electrons. The lowest BCUT2D eigenvalue weighted by Gasteiger charge is -1.97. The van der Waals surface area contributed by atoms with Gasteiger partial charge >= 0.3 is 0 Å². The molecule has 0 N–H and O–H groups in total. The van der Waals surface area contributed by atoms with E-state index in [1.54, 1.807) is 12.1 Å². The second-order valence-corrected chi connectivity index (χ2v) is 5.43. The summed E-state index contributed by atoms with van der Waals surface area (Å²) in [6, 6.07) is 11.2. The Hall–Kier alpha value is -1.89. The minimum Gasteiger partial charge on any atom is -0.461 e. The molecule has 0 aliphatic carbocycles. The number of hydrogen-bond donors (Lipinski definition) is 0. The zero-order valence-corrected chi connectivity index (χ0v) is 12.7. The quantitative estimate of drug-likeness (QED) is 0.509. The molecule has 0 saturated carbocycles. The second-order valence-electron chi connectivity index (χ2n) is 4.35. The van der Waals surface area contributed by atoms with Gasteiger partial charge in [0.25, 0.3) is 5.78 Å². The van der Waals surface area contributed by atoms with E-state index in [-0.39, 0.29) is 17.3 Å². The molecule has 1 aromatic carbocycles. The van der Waals surface area contributed by atoms with Crippen LogP contribution < -0.4 is 0 Å². The molecule has 5 heteroatoms. The van der Waals surface area contributed by atoms with Gasteiger partial charge in [0.2, 0.25) is 5.76 Å². The lowest BCUT2D eigenvalue weighted by Crippen LogP contribution is -1.99. The highest BCUT2D eigenvalue weighted by atomic mass is 127. The van der Waals surface area contributed by atoms with Gasteiger partial charge in [0, 0.05) is 5.56 Å². The number of aromatic nitrogens is 1. The van der Waals surface area contributed by atoms with Crippen molar-refractivity contribution < 1.29 is 13.7 Å². The molecule has 0 unspecified atom stereocenters. The number of furan rings is 1. The van der Waals surface area contributed by atoms with Crippen LogP contribution in [0, 0.1) is 10.5 Å². The van der Waals surface area contributed by atoms with E-state index in [0.29, 0.717) is 9.26 Å². The van der Waals surface area contributed by atoms with Crippen molar-refractivity contribution >= 4 is 28.4 Å². The van der Waals surface area contributed by atoms with E-state index in [1.165, 1.54) is 11.8 Å². The minimum atomic E-state index is -0.301. The Morgan fingerprint density at radius 3 is 2.60 bits per heavy atom. The van der Waals surface area contributed by atoms with Crippen LogP contribution in [0.1, 0.15) is 21.9 Å². The standard InChI is InChI=1S/C15H10INO3/c1-9-4-6-10(7-5-9)13-12(16)15(20-17-13)14(18)11-3-2-8-19-11/h2-8H,1H3. The van der Waals surface area contributed by atoms with Crippen LogP contribution >= 0.6 is 22.6 Å². The molecule has 0 saturated heterocycles. The molecule has 0 bridgehead atoms. The third kappa shape index (κ3) is 2.29. The third-order valence-electron chi connectivity index (χ3n) is 2.91. The van der Waals surface area contributed by atoms with Gasteiger partial charge in [-0.3, -0.25) is 4.79 Å². The fourth-order valence-electron chi connectivity index (χ4n) is 1.83. The molecule has 0 amide bonds. The van der Waals surface area contributed by atoms with Crippen molar-refractivity contribution in [1.29, 1.82) is 0 Å². The summed E-state index contributed by atoms with van der Waals surface area (Å²) in [6.45, 7) is 2.02. The summed E-state index contributed by atoms with van der Waals surface area (Å²) >= 11 is 2.07. The van der Waals surface area contributed by atoms with Crippen molar-refractivity contribution in [2.75, 3.05) is 0 Å². The Labute approximate surface area is 128 Å². The summed E-state index contributed by atoms with van der Waals surface area (Å²) in [5.41, 5.74) is 2.75. The molecule has 2 aromatic heterocycles. The summed E-state index contributed by atoms with van der Waals surface area (Å²) in [5.74, 6) is 0.149. The number of benzene rings is 1. The number of ketones is 1. The molecule has 2 heterocycles. The van der Waals surface area contributed by atoms with Crippen LogP contribution in [0.4, 0.5) is 0 Å². The van der Waals surface area contributed by atoms with Crippen LogP contribution in [0.25, 0.3) is 11.3 Å². The number of nitrogens with zero attached hydrogens (tertiary/aromatic N) is 1. The Balaban J connectivity index is 2.01. The first-order valence-corrected chi connectivity index (χ1v) is 7.05. The molecule has 0 atom stereocenters. The zero-order valence-electron chi connectivity index (χ0n) is 10.6. The zero-order chi connectivity index (χ0) is 14.1. The van der Waals surface area contributed by atoms with Gasteiger partial charge in [-0.1, -0.05) is 35.0 Å². The Morgan fingerprint density at radius 2 is 1.95 bits per heavy atom. The third-order valence-corrected chi connectivity index (χ3v) is 3.91. The number of carbonyl (C=O) groups excluding carboxylic acids is 1. The predicted molar refractivity (Wildman–Crippen MR) is 81.5 cm³/mol. The Kier molecular flexibility index (Phi) is 3.43. The lowest BCUT2D eigenvalue weighted by atomic mass is 10.1. The smallest absolute Gasteiger partial charge is 0.267 e. The fourth-order valence-corrected chi connectivity index (χ4v) is 2.58. The van der Waals surface area contributed by atoms with Crippen LogP contribution in [0.5, 0.6) is 0 Å². The first-order valence-electron chi connectivity index (χ1n) is 5.97. The van der Waals surface area contributed by atoms with Crippen molar-refractivity contribution in [3.8, 4) is 11.3 Å². The highest BCUT2D eigenvalue weighted by Crippen LogP contribution is 2.28. The van der Waals surface area contributed by atoms with Crippen LogP contribution in [-0.2, 0) is 0 Å². The maximum absolute atomic E-state index is 12.2. The molecular weight excluding hydrogens is 369 g/mol. The van der Waals surface area contributed by atoms with E-state index in [9.17, 15) is 4.79 Å². The summed E-state index contributed by atoms with van der Waals surface area (Å²) in [4.78, 5) is 12.2. The average Bonchev–Trinajstić information content (AvgIpc) is 3.09. The van der Waals surface area contributed by atoms with Gasteiger partial charge in [0.05, 0.1) is 9.83 Å². The van der Waals surface area contributed by atoms with E-state index in [1.807, 2.05) is 31.2 Å². The van der Waals surface area contributed by atoms with Gasteiger partial charge in [-0.2, -0.15) is 0 Å². The molecule has 0 spiro atoms. The minimum absolute atomic E-state index is 0.205. The van der Waals surface area contributed by atoms with E-state index >= 15 is 0 Å². The first-order chi connectivity index (χ1) is 9.66.